The first-order valence-corrected chi connectivity index (χ1v) is 7.99. The van der Waals surface area contributed by atoms with E-state index in [-0.39, 0.29) is 5.91 Å². The monoisotopic (exact) mass is 333 g/mol. The van der Waals surface area contributed by atoms with Crippen LogP contribution in [-0.2, 0) is 13.1 Å². The van der Waals surface area contributed by atoms with Gasteiger partial charge in [0.25, 0.3) is 5.91 Å². The van der Waals surface area contributed by atoms with Gasteiger partial charge in [-0.1, -0.05) is 29.8 Å². The van der Waals surface area contributed by atoms with Crippen molar-refractivity contribution < 1.29 is 4.79 Å². The normalized spacial score (nSPS) is 10.3. The molecule has 2 N–H and O–H groups in total. The van der Waals surface area contributed by atoms with Gasteiger partial charge >= 0.3 is 0 Å². The predicted octanol–water partition coefficient (Wildman–Crippen LogP) is 2.72. The third-order valence-electron chi connectivity index (χ3n) is 3.70. The first-order chi connectivity index (χ1) is 12.2. The van der Waals surface area contributed by atoms with Crippen LogP contribution in [0.5, 0.6) is 0 Å². The molecular weight excluding hydrogens is 314 g/mol. The summed E-state index contributed by atoms with van der Waals surface area (Å²) in [5.74, 6) is 0.377. The van der Waals surface area contributed by atoms with Crippen molar-refractivity contribution in [2.24, 2.45) is 0 Å². The van der Waals surface area contributed by atoms with Crippen LogP contribution >= 0.6 is 0 Å². The molecule has 0 saturated heterocycles. The second kappa shape index (κ2) is 8.01. The molecule has 2 aromatic heterocycles. The molecule has 25 heavy (non-hydrogen) atoms. The number of nitrogens with one attached hydrogen (secondary N) is 2. The molecule has 0 bridgehead atoms. The van der Waals surface area contributed by atoms with Gasteiger partial charge < -0.3 is 10.6 Å². The lowest BCUT2D eigenvalue weighted by molar-refractivity contribution is 0.0946. The maximum atomic E-state index is 12.2. The molecule has 1 aromatic carbocycles. The number of carbonyl (C=O) groups is 1. The molecule has 0 unspecified atom stereocenters. The van der Waals surface area contributed by atoms with E-state index in [9.17, 15) is 4.79 Å². The molecule has 1 amide bonds. The van der Waals surface area contributed by atoms with Crippen LogP contribution in [0.15, 0.2) is 61.2 Å². The van der Waals surface area contributed by atoms with Gasteiger partial charge in [0.1, 0.15) is 17.8 Å². The Kier molecular flexibility index (Phi) is 5.31. The molecule has 6 heteroatoms. The number of aromatic nitrogens is 3. The van der Waals surface area contributed by atoms with E-state index in [4.69, 9.17) is 0 Å². The fourth-order valence-electron chi connectivity index (χ4n) is 2.25. The second-order valence-corrected chi connectivity index (χ2v) is 5.67. The molecule has 0 saturated carbocycles. The van der Waals surface area contributed by atoms with Gasteiger partial charge in [-0.2, -0.15) is 0 Å². The fourth-order valence-corrected chi connectivity index (χ4v) is 2.25. The van der Waals surface area contributed by atoms with Crippen LogP contribution in [-0.4, -0.2) is 20.9 Å². The van der Waals surface area contributed by atoms with Crippen molar-refractivity contribution in [3.63, 3.8) is 0 Å². The highest BCUT2D eigenvalue weighted by atomic mass is 16.1. The van der Waals surface area contributed by atoms with Crippen LogP contribution < -0.4 is 10.6 Å². The molecule has 0 spiro atoms. The maximum Gasteiger partial charge on any atom is 0.270 e. The number of carbonyl (C=O) groups excluding carboxylic acids is 1. The number of rotatable bonds is 6. The van der Waals surface area contributed by atoms with Crippen LogP contribution in [0, 0.1) is 6.92 Å². The maximum absolute atomic E-state index is 12.2. The summed E-state index contributed by atoms with van der Waals surface area (Å²) in [6, 6.07) is 13.6. The lowest BCUT2D eigenvalue weighted by atomic mass is 10.1. The first kappa shape index (κ1) is 16.6. The van der Waals surface area contributed by atoms with Gasteiger partial charge in [-0.3, -0.25) is 9.78 Å². The highest BCUT2D eigenvalue weighted by Gasteiger charge is 2.08. The molecule has 126 valence electrons. The number of aryl methyl sites for hydroxylation is 1. The molecule has 6 nitrogen and oxygen atoms in total. The van der Waals surface area contributed by atoms with Crippen molar-refractivity contribution in [1.29, 1.82) is 0 Å². The van der Waals surface area contributed by atoms with Gasteiger partial charge in [0.15, 0.2) is 0 Å². The van der Waals surface area contributed by atoms with Crippen molar-refractivity contribution in [1.82, 2.24) is 20.3 Å². The second-order valence-electron chi connectivity index (χ2n) is 5.67. The van der Waals surface area contributed by atoms with Crippen molar-refractivity contribution >= 4 is 11.7 Å². The van der Waals surface area contributed by atoms with E-state index < -0.39 is 0 Å². The highest BCUT2D eigenvalue weighted by molar-refractivity contribution is 5.92. The van der Waals surface area contributed by atoms with Gasteiger partial charge in [0, 0.05) is 31.5 Å². The molecule has 0 fully saturated rings. The van der Waals surface area contributed by atoms with Gasteiger partial charge in [0.2, 0.25) is 0 Å². The van der Waals surface area contributed by atoms with E-state index in [1.165, 1.54) is 11.9 Å². The van der Waals surface area contributed by atoms with E-state index >= 15 is 0 Å². The minimum absolute atomic E-state index is 0.238. The Morgan fingerprint density at radius 2 is 1.68 bits per heavy atom. The van der Waals surface area contributed by atoms with Crippen molar-refractivity contribution in [3.8, 4) is 0 Å². The first-order valence-electron chi connectivity index (χ1n) is 7.99. The van der Waals surface area contributed by atoms with Crippen molar-refractivity contribution in [3.05, 3.63) is 83.6 Å². The molecule has 2 heterocycles. The Morgan fingerprint density at radius 3 is 2.44 bits per heavy atom. The third kappa shape index (κ3) is 4.84. The Labute approximate surface area is 146 Å². The Morgan fingerprint density at radius 1 is 0.960 bits per heavy atom. The zero-order valence-corrected chi connectivity index (χ0v) is 13.9. The van der Waals surface area contributed by atoms with Crippen LogP contribution in [0.4, 0.5) is 5.82 Å². The van der Waals surface area contributed by atoms with E-state index in [0.717, 1.165) is 11.1 Å². The summed E-state index contributed by atoms with van der Waals surface area (Å²) in [7, 11) is 0. The van der Waals surface area contributed by atoms with E-state index in [1.54, 1.807) is 18.5 Å². The number of hydrogen-bond acceptors (Lipinski definition) is 5. The van der Waals surface area contributed by atoms with Gasteiger partial charge in [-0.25, -0.2) is 9.97 Å². The van der Waals surface area contributed by atoms with Crippen LogP contribution in [0.1, 0.15) is 27.2 Å². The third-order valence-corrected chi connectivity index (χ3v) is 3.70. The average molecular weight is 333 g/mol. The zero-order chi connectivity index (χ0) is 17.5. The summed E-state index contributed by atoms with van der Waals surface area (Å²) in [5, 5.41) is 6.05. The molecular formula is C19H19N5O. The zero-order valence-electron chi connectivity index (χ0n) is 13.9. The smallest absolute Gasteiger partial charge is 0.270 e. The number of pyridine rings is 1. The summed E-state index contributed by atoms with van der Waals surface area (Å²) in [4.78, 5) is 24.4. The van der Waals surface area contributed by atoms with Crippen LogP contribution in [0.2, 0.25) is 0 Å². The lowest BCUT2D eigenvalue weighted by Crippen LogP contribution is -2.24. The summed E-state index contributed by atoms with van der Waals surface area (Å²) in [6.45, 7) is 3.12. The highest BCUT2D eigenvalue weighted by Crippen LogP contribution is 2.09. The minimum atomic E-state index is -0.238. The minimum Gasteiger partial charge on any atom is -0.366 e. The van der Waals surface area contributed by atoms with Crippen LogP contribution in [0.25, 0.3) is 0 Å². The van der Waals surface area contributed by atoms with E-state index in [1.807, 2.05) is 12.1 Å². The Balaban J connectivity index is 1.58. The quantitative estimate of drug-likeness (QED) is 0.725. The molecule has 0 radical (unpaired) electrons. The topological polar surface area (TPSA) is 79.8 Å². The molecule has 0 aliphatic heterocycles. The van der Waals surface area contributed by atoms with Crippen molar-refractivity contribution in [2.75, 3.05) is 5.32 Å². The molecule has 0 atom stereocenters. The Bertz CT molecular complexity index is 834. The van der Waals surface area contributed by atoms with Gasteiger partial charge in [0.05, 0.1) is 0 Å². The molecule has 3 rings (SSSR count). The molecule has 0 aliphatic rings. The molecule has 3 aromatic rings. The molecule has 0 aliphatic carbocycles. The SMILES string of the molecule is Cc1ccc(CNc2cc(C(=O)NCc3ccncc3)ncn2)cc1. The Hall–Kier alpha value is -3.28. The lowest BCUT2D eigenvalue weighted by Gasteiger charge is -2.08. The summed E-state index contributed by atoms with van der Waals surface area (Å²) in [5.41, 5.74) is 3.68. The summed E-state index contributed by atoms with van der Waals surface area (Å²) >= 11 is 0. The summed E-state index contributed by atoms with van der Waals surface area (Å²) < 4.78 is 0. The number of nitrogens with zero attached hydrogens (tertiary/aromatic N) is 3. The fraction of sp³-hybridized carbons (Fsp3) is 0.158. The average Bonchev–Trinajstić information content (AvgIpc) is 2.67. The van der Waals surface area contributed by atoms with E-state index in [0.29, 0.717) is 24.6 Å². The number of anilines is 1. The predicted molar refractivity (Wildman–Crippen MR) is 95.9 cm³/mol. The number of amides is 1. The van der Waals surface area contributed by atoms with E-state index in [2.05, 4.69) is 56.8 Å². The van der Waals surface area contributed by atoms with Crippen LogP contribution in [0.3, 0.4) is 0 Å². The van der Waals surface area contributed by atoms with Crippen molar-refractivity contribution in [2.45, 2.75) is 20.0 Å². The van der Waals surface area contributed by atoms with Gasteiger partial charge in [-0.05, 0) is 30.2 Å². The van der Waals surface area contributed by atoms with Gasteiger partial charge in [-0.15, -0.1) is 0 Å². The summed E-state index contributed by atoms with van der Waals surface area (Å²) in [6.07, 6.45) is 4.78. The standard InChI is InChI=1S/C19H19N5O/c1-14-2-4-15(5-3-14)11-21-18-10-17(23-13-24-18)19(25)22-12-16-6-8-20-9-7-16/h2-10,13H,11-12H2,1H3,(H,22,25)(H,21,23,24). The number of hydrogen-bond donors (Lipinski definition) is 2. The number of benzene rings is 1. The largest absolute Gasteiger partial charge is 0.366 e.